The third kappa shape index (κ3) is 2.75. The van der Waals surface area contributed by atoms with Crippen LogP contribution in [0.15, 0.2) is 36.8 Å². The highest BCUT2D eigenvalue weighted by molar-refractivity contribution is 6.03. The Kier molecular flexibility index (Phi) is 3.25. The molecule has 1 N–H and O–H groups in total. The number of ether oxygens (including phenoxy) is 1. The van der Waals surface area contributed by atoms with Crippen LogP contribution in [0.5, 0.6) is 5.88 Å². The number of nitrogens with zero attached hydrogens (tertiary/aromatic N) is 3. The largest absolute Gasteiger partial charge is 0.480 e. The van der Waals surface area contributed by atoms with Gasteiger partial charge in [-0.15, -0.1) is 5.10 Å². The third-order valence-corrected chi connectivity index (χ3v) is 2.02. The number of hydrogen-bond acceptors (Lipinski definition) is 5. The van der Waals surface area contributed by atoms with E-state index in [0.717, 1.165) is 0 Å². The van der Waals surface area contributed by atoms with Crippen molar-refractivity contribution in [2.45, 2.75) is 0 Å². The maximum absolute atomic E-state index is 11.8. The Morgan fingerprint density at radius 2 is 2.29 bits per heavy atom. The number of hydrogen-bond donors (Lipinski definition) is 1. The number of nitrogens with one attached hydrogen (secondary N) is 1. The Morgan fingerprint density at radius 1 is 1.41 bits per heavy atom. The Labute approximate surface area is 97.7 Å². The van der Waals surface area contributed by atoms with Crippen LogP contribution in [0.2, 0.25) is 0 Å². The Morgan fingerprint density at radius 3 is 3.00 bits per heavy atom. The zero-order valence-electron chi connectivity index (χ0n) is 9.12. The van der Waals surface area contributed by atoms with E-state index in [4.69, 9.17) is 4.74 Å². The van der Waals surface area contributed by atoms with Gasteiger partial charge in [-0.05, 0) is 12.1 Å². The lowest BCUT2D eigenvalue weighted by Gasteiger charge is -2.04. The molecule has 0 spiro atoms. The van der Waals surface area contributed by atoms with Crippen molar-refractivity contribution in [3.8, 4) is 5.88 Å². The molecule has 0 aliphatic heterocycles. The molecule has 0 atom stereocenters. The lowest BCUT2D eigenvalue weighted by Crippen LogP contribution is -2.12. The maximum Gasteiger partial charge on any atom is 0.257 e. The number of pyridine rings is 1. The molecule has 1 amide bonds. The number of rotatable bonds is 3. The molecule has 0 aromatic carbocycles. The average molecular weight is 230 g/mol. The summed E-state index contributed by atoms with van der Waals surface area (Å²) in [5.74, 6) is 0.0853. The average Bonchev–Trinajstić information content (AvgIpc) is 2.40. The summed E-state index contributed by atoms with van der Waals surface area (Å²) in [6, 6.07) is 4.95. The van der Waals surface area contributed by atoms with Gasteiger partial charge in [0.05, 0.1) is 24.6 Å². The van der Waals surface area contributed by atoms with Crippen LogP contribution in [0.1, 0.15) is 10.4 Å². The summed E-state index contributed by atoms with van der Waals surface area (Å²) in [4.78, 5) is 15.6. The molecule has 0 aliphatic carbocycles. The molecule has 0 aliphatic rings. The second-order valence-corrected chi connectivity index (χ2v) is 3.18. The van der Waals surface area contributed by atoms with Gasteiger partial charge in [0.15, 0.2) is 0 Å². The minimum Gasteiger partial charge on any atom is -0.480 e. The van der Waals surface area contributed by atoms with Gasteiger partial charge in [0.2, 0.25) is 5.88 Å². The first-order chi connectivity index (χ1) is 8.29. The van der Waals surface area contributed by atoms with Crippen molar-refractivity contribution in [2.75, 3.05) is 12.4 Å². The molecule has 2 aromatic rings. The van der Waals surface area contributed by atoms with Crippen molar-refractivity contribution < 1.29 is 9.53 Å². The van der Waals surface area contributed by atoms with Gasteiger partial charge < -0.3 is 10.1 Å². The minimum atomic E-state index is -0.256. The normalized spacial score (nSPS) is 9.71. The molecule has 17 heavy (non-hydrogen) atoms. The van der Waals surface area contributed by atoms with Crippen molar-refractivity contribution in [1.82, 2.24) is 15.2 Å². The Balaban J connectivity index is 2.13. The fourth-order valence-corrected chi connectivity index (χ4v) is 1.22. The summed E-state index contributed by atoms with van der Waals surface area (Å²) in [6.07, 6.45) is 4.53. The molecule has 2 rings (SSSR count). The molecule has 6 heteroatoms. The van der Waals surface area contributed by atoms with Crippen LogP contribution in [-0.2, 0) is 0 Å². The fourth-order valence-electron chi connectivity index (χ4n) is 1.22. The summed E-state index contributed by atoms with van der Waals surface area (Å²) >= 11 is 0. The molecule has 2 heterocycles. The van der Waals surface area contributed by atoms with E-state index in [-0.39, 0.29) is 5.91 Å². The number of anilines is 1. The predicted molar refractivity (Wildman–Crippen MR) is 60.8 cm³/mol. The topological polar surface area (TPSA) is 77.0 Å². The third-order valence-electron chi connectivity index (χ3n) is 2.02. The highest BCUT2D eigenvalue weighted by Gasteiger charge is 2.06. The molecule has 0 bridgehead atoms. The highest BCUT2D eigenvalue weighted by Crippen LogP contribution is 2.12. The van der Waals surface area contributed by atoms with E-state index in [1.807, 2.05) is 0 Å². The van der Waals surface area contributed by atoms with E-state index in [1.54, 1.807) is 24.4 Å². The van der Waals surface area contributed by atoms with E-state index >= 15 is 0 Å². The van der Waals surface area contributed by atoms with Gasteiger partial charge in [-0.2, -0.15) is 5.10 Å². The molecule has 2 aromatic heterocycles. The van der Waals surface area contributed by atoms with Crippen LogP contribution >= 0.6 is 0 Å². The van der Waals surface area contributed by atoms with Crippen molar-refractivity contribution >= 4 is 11.6 Å². The van der Waals surface area contributed by atoms with Crippen molar-refractivity contribution in [3.63, 3.8) is 0 Å². The molecule has 0 saturated carbocycles. The van der Waals surface area contributed by atoms with E-state index in [2.05, 4.69) is 20.5 Å². The van der Waals surface area contributed by atoms with Crippen LogP contribution in [0, 0.1) is 0 Å². The fraction of sp³-hybridized carbons (Fsp3) is 0.0909. The quantitative estimate of drug-likeness (QED) is 0.855. The molecule has 86 valence electrons. The maximum atomic E-state index is 11.8. The first-order valence-electron chi connectivity index (χ1n) is 4.87. The molecule has 0 radical (unpaired) electrons. The van der Waals surface area contributed by atoms with Gasteiger partial charge in [-0.1, -0.05) is 0 Å². The smallest absolute Gasteiger partial charge is 0.257 e. The van der Waals surface area contributed by atoms with Gasteiger partial charge in [-0.3, -0.25) is 9.78 Å². The molecular formula is C11H10N4O2. The van der Waals surface area contributed by atoms with Crippen molar-refractivity contribution in [1.29, 1.82) is 0 Å². The number of carbonyl (C=O) groups is 1. The van der Waals surface area contributed by atoms with Crippen LogP contribution in [0.4, 0.5) is 5.69 Å². The van der Waals surface area contributed by atoms with E-state index < -0.39 is 0 Å². The summed E-state index contributed by atoms with van der Waals surface area (Å²) in [5, 5.41) is 10.1. The number of methoxy groups -OCH3 is 1. The van der Waals surface area contributed by atoms with E-state index in [0.29, 0.717) is 17.1 Å². The predicted octanol–water partition coefficient (Wildman–Crippen LogP) is 1.13. The Bertz CT molecular complexity index is 516. The first kappa shape index (κ1) is 11.0. The van der Waals surface area contributed by atoms with E-state index in [9.17, 15) is 4.79 Å². The van der Waals surface area contributed by atoms with Gasteiger partial charge in [-0.25, -0.2) is 0 Å². The standard InChI is InChI=1S/C11H10N4O2/c1-17-10-5-9(7-13-15-10)14-11(16)8-3-2-4-12-6-8/h2-7H,1H3,(H,14,15,16). The summed E-state index contributed by atoms with van der Waals surface area (Å²) in [7, 11) is 1.48. The second-order valence-electron chi connectivity index (χ2n) is 3.18. The van der Waals surface area contributed by atoms with E-state index in [1.165, 1.54) is 19.5 Å². The van der Waals surface area contributed by atoms with Crippen molar-refractivity contribution in [3.05, 3.63) is 42.4 Å². The molecule has 0 unspecified atom stereocenters. The van der Waals surface area contributed by atoms with Crippen molar-refractivity contribution in [2.24, 2.45) is 0 Å². The number of aromatic nitrogens is 3. The lowest BCUT2D eigenvalue weighted by molar-refractivity contribution is 0.102. The van der Waals surface area contributed by atoms with Gasteiger partial charge >= 0.3 is 0 Å². The molecule has 0 saturated heterocycles. The van der Waals surface area contributed by atoms with Crippen LogP contribution in [0.25, 0.3) is 0 Å². The van der Waals surface area contributed by atoms with Gasteiger partial charge in [0, 0.05) is 18.5 Å². The van der Waals surface area contributed by atoms with Gasteiger partial charge in [0.25, 0.3) is 5.91 Å². The number of carbonyl (C=O) groups excluding carboxylic acids is 1. The van der Waals surface area contributed by atoms with Crippen LogP contribution in [-0.4, -0.2) is 28.2 Å². The highest BCUT2D eigenvalue weighted by atomic mass is 16.5. The minimum absolute atomic E-state index is 0.256. The molecule has 0 fully saturated rings. The molecular weight excluding hydrogens is 220 g/mol. The first-order valence-corrected chi connectivity index (χ1v) is 4.87. The van der Waals surface area contributed by atoms with Crippen LogP contribution in [0.3, 0.4) is 0 Å². The second kappa shape index (κ2) is 5.02. The van der Waals surface area contributed by atoms with Crippen LogP contribution < -0.4 is 10.1 Å². The SMILES string of the molecule is COc1cc(NC(=O)c2cccnc2)cnn1. The monoisotopic (exact) mass is 230 g/mol. The van der Waals surface area contributed by atoms with Gasteiger partial charge in [0.1, 0.15) is 0 Å². The lowest BCUT2D eigenvalue weighted by atomic mass is 10.2. The number of amides is 1. The zero-order valence-corrected chi connectivity index (χ0v) is 9.12. The summed E-state index contributed by atoms with van der Waals surface area (Å²) in [5.41, 5.74) is 0.994. The Hall–Kier alpha value is -2.50. The zero-order chi connectivity index (χ0) is 12.1. The summed E-state index contributed by atoms with van der Waals surface area (Å²) in [6.45, 7) is 0. The molecule has 6 nitrogen and oxygen atoms in total. The summed E-state index contributed by atoms with van der Waals surface area (Å²) < 4.78 is 4.90.